The number of amides is 1. The Labute approximate surface area is 140 Å². The van der Waals surface area contributed by atoms with Crippen LogP contribution in [0.4, 0.5) is 5.69 Å². The third kappa shape index (κ3) is 4.42. The summed E-state index contributed by atoms with van der Waals surface area (Å²) in [7, 11) is 0. The lowest BCUT2D eigenvalue weighted by Crippen LogP contribution is -2.29. The van der Waals surface area contributed by atoms with E-state index < -0.39 is 12.1 Å². The van der Waals surface area contributed by atoms with E-state index in [9.17, 15) is 9.59 Å². The van der Waals surface area contributed by atoms with Crippen molar-refractivity contribution in [2.45, 2.75) is 40.2 Å². The molecular weight excluding hydrogens is 310 g/mol. The Balaban J connectivity index is 1.98. The Kier molecular flexibility index (Phi) is 5.55. The Hall–Kier alpha value is -2.14. The molecule has 1 N–H and O–H groups in total. The van der Waals surface area contributed by atoms with Gasteiger partial charge in [-0.3, -0.25) is 4.79 Å². The summed E-state index contributed by atoms with van der Waals surface area (Å²) in [5.41, 5.74) is 2.83. The minimum Gasteiger partial charge on any atom is -0.448 e. The van der Waals surface area contributed by atoms with Gasteiger partial charge in [-0.15, -0.1) is 11.3 Å². The Morgan fingerprint density at radius 1 is 1.26 bits per heavy atom. The van der Waals surface area contributed by atoms with Crippen molar-refractivity contribution in [3.05, 3.63) is 51.2 Å². The minimum atomic E-state index is -0.851. The fourth-order valence-corrected chi connectivity index (χ4v) is 3.21. The van der Waals surface area contributed by atoms with Crippen LogP contribution in [0.15, 0.2) is 30.3 Å². The average molecular weight is 331 g/mol. The smallest absolute Gasteiger partial charge is 0.349 e. The first-order chi connectivity index (χ1) is 10.9. The second-order valence-corrected chi connectivity index (χ2v) is 6.61. The van der Waals surface area contributed by atoms with Gasteiger partial charge < -0.3 is 10.1 Å². The van der Waals surface area contributed by atoms with E-state index >= 15 is 0 Å². The van der Waals surface area contributed by atoms with Crippen LogP contribution in [0.25, 0.3) is 0 Å². The minimum absolute atomic E-state index is 0.340. The summed E-state index contributed by atoms with van der Waals surface area (Å²) in [4.78, 5) is 26.0. The first kappa shape index (κ1) is 17.2. The number of hydrogen-bond acceptors (Lipinski definition) is 4. The fourth-order valence-electron chi connectivity index (χ4n) is 2.21. The highest BCUT2D eigenvalue weighted by Gasteiger charge is 2.21. The van der Waals surface area contributed by atoms with Crippen LogP contribution in [0.1, 0.15) is 39.5 Å². The number of carbonyl (C=O) groups excluding carboxylic acids is 2. The molecule has 1 heterocycles. The summed E-state index contributed by atoms with van der Waals surface area (Å²) in [5, 5.41) is 2.75. The van der Waals surface area contributed by atoms with Gasteiger partial charge in [0.2, 0.25) is 0 Å². The van der Waals surface area contributed by atoms with Gasteiger partial charge in [0.15, 0.2) is 6.10 Å². The van der Waals surface area contributed by atoms with Crippen LogP contribution >= 0.6 is 11.3 Å². The summed E-state index contributed by atoms with van der Waals surface area (Å²) in [6, 6.07) is 9.29. The van der Waals surface area contributed by atoms with E-state index in [2.05, 4.69) is 5.32 Å². The van der Waals surface area contributed by atoms with Crippen LogP contribution < -0.4 is 5.32 Å². The topological polar surface area (TPSA) is 55.4 Å². The zero-order valence-corrected chi connectivity index (χ0v) is 14.6. The van der Waals surface area contributed by atoms with E-state index in [4.69, 9.17) is 4.74 Å². The highest BCUT2D eigenvalue weighted by Crippen LogP contribution is 2.23. The van der Waals surface area contributed by atoms with Crippen LogP contribution in [0.3, 0.4) is 0 Å². The molecule has 0 spiro atoms. The predicted octanol–water partition coefficient (Wildman–Crippen LogP) is 4.11. The predicted molar refractivity (Wildman–Crippen MR) is 93.1 cm³/mol. The molecule has 0 fully saturated rings. The van der Waals surface area contributed by atoms with Crippen molar-refractivity contribution < 1.29 is 14.3 Å². The number of carbonyl (C=O) groups is 2. The molecule has 0 saturated heterocycles. The lowest BCUT2D eigenvalue weighted by molar-refractivity contribution is -0.123. The molecule has 5 heteroatoms. The number of esters is 1. The molecular formula is C18H21NO3S. The van der Waals surface area contributed by atoms with Gasteiger partial charge in [-0.25, -0.2) is 4.79 Å². The van der Waals surface area contributed by atoms with Crippen molar-refractivity contribution in [3.8, 4) is 0 Å². The summed E-state index contributed by atoms with van der Waals surface area (Å²) in [6.07, 6.45) is 0.0307. The van der Waals surface area contributed by atoms with Crippen LogP contribution in [0.5, 0.6) is 0 Å². The van der Waals surface area contributed by atoms with E-state index in [1.54, 1.807) is 13.0 Å². The van der Waals surface area contributed by atoms with Gasteiger partial charge in [0, 0.05) is 10.6 Å². The number of benzene rings is 1. The average Bonchev–Trinajstić information content (AvgIpc) is 2.88. The number of hydrogen-bond donors (Lipinski definition) is 1. The molecule has 122 valence electrons. The normalized spacial score (nSPS) is 11.8. The van der Waals surface area contributed by atoms with E-state index in [0.29, 0.717) is 10.6 Å². The summed E-state index contributed by atoms with van der Waals surface area (Å²) in [6.45, 7) is 7.54. The van der Waals surface area contributed by atoms with Crippen LogP contribution in [-0.4, -0.2) is 18.0 Å². The number of thiophene rings is 1. The van der Waals surface area contributed by atoms with Gasteiger partial charge in [0.05, 0.1) is 0 Å². The lowest BCUT2D eigenvalue weighted by Gasteiger charge is -2.13. The molecule has 1 atom stereocenters. The summed E-state index contributed by atoms with van der Waals surface area (Å²) >= 11 is 1.42. The van der Waals surface area contributed by atoms with E-state index in [0.717, 1.165) is 22.4 Å². The monoisotopic (exact) mass is 331 g/mol. The van der Waals surface area contributed by atoms with Gasteiger partial charge in [0.25, 0.3) is 5.91 Å². The van der Waals surface area contributed by atoms with E-state index in [1.807, 2.05) is 45.0 Å². The maximum Gasteiger partial charge on any atom is 0.349 e. The molecule has 0 bridgehead atoms. The molecule has 0 aliphatic carbocycles. The third-order valence-corrected chi connectivity index (χ3v) is 4.84. The molecule has 0 radical (unpaired) electrons. The van der Waals surface area contributed by atoms with Crippen molar-refractivity contribution in [1.29, 1.82) is 0 Å². The molecule has 4 nitrogen and oxygen atoms in total. The maximum atomic E-state index is 12.2. The second kappa shape index (κ2) is 7.42. The lowest BCUT2D eigenvalue weighted by atomic mass is 10.2. The number of ether oxygens (including phenoxy) is 1. The van der Waals surface area contributed by atoms with Crippen molar-refractivity contribution in [2.24, 2.45) is 0 Å². The number of rotatable bonds is 5. The third-order valence-electron chi connectivity index (χ3n) is 3.48. The van der Waals surface area contributed by atoms with Crippen molar-refractivity contribution in [2.75, 3.05) is 5.32 Å². The van der Waals surface area contributed by atoms with Gasteiger partial charge in [-0.2, -0.15) is 0 Å². The molecule has 1 amide bonds. The standard InChI is InChI=1S/C18H21NO3S/c1-5-15-12(3)10-16(23-15)18(21)22-13(4)17(20)19-14-8-6-7-11(2)9-14/h6-10,13H,5H2,1-4H3,(H,19,20). The fraction of sp³-hybridized carbons (Fsp3) is 0.333. The SMILES string of the molecule is CCc1sc(C(=O)OC(C)C(=O)Nc2cccc(C)c2)cc1C. The summed E-state index contributed by atoms with van der Waals surface area (Å²) < 4.78 is 5.27. The van der Waals surface area contributed by atoms with E-state index in [-0.39, 0.29) is 5.91 Å². The van der Waals surface area contributed by atoms with E-state index in [1.165, 1.54) is 11.3 Å². The van der Waals surface area contributed by atoms with Gasteiger partial charge in [-0.05, 0) is 56.5 Å². The zero-order valence-electron chi connectivity index (χ0n) is 13.8. The number of aryl methyl sites for hydroxylation is 3. The molecule has 1 aromatic carbocycles. The number of anilines is 1. The van der Waals surface area contributed by atoms with Crippen molar-refractivity contribution in [1.82, 2.24) is 0 Å². The van der Waals surface area contributed by atoms with Crippen LogP contribution in [-0.2, 0) is 16.0 Å². The second-order valence-electron chi connectivity index (χ2n) is 5.48. The summed E-state index contributed by atoms with van der Waals surface area (Å²) in [5.74, 6) is -0.794. The number of nitrogens with one attached hydrogen (secondary N) is 1. The molecule has 0 aliphatic rings. The van der Waals surface area contributed by atoms with Gasteiger partial charge >= 0.3 is 5.97 Å². The van der Waals surface area contributed by atoms with Gasteiger partial charge in [-0.1, -0.05) is 19.1 Å². The molecule has 2 aromatic rings. The molecule has 2 rings (SSSR count). The molecule has 0 saturated carbocycles. The zero-order chi connectivity index (χ0) is 17.0. The first-order valence-corrected chi connectivity index (χ1v) is 8.40. The Bertz CT molecular complexity index is 721. The highest BCUT2D eigenvalue weighted by atomic mass is 32.1. The Morgan fingerprint density at radius 2 is 2.00 bits per heavy atom. The van der Waals surface area contributed by atoms with Crippen molar-refractivity contribution >= 4 is 28.9 Å². The molecule has 1 aromatic heterocycles. The highest BCUT2D eigenvalue weighted by molar-refractivity contribution is 7.14. The maximum absolute atomic E-state index is 12.2. The molecule has 23 heavy (non-hydrogen) atoms. The van der Waals surface area contributed by atoms with Crippen molar-refractivity contribution in [3.63, 3.8) is 0 Å². The first-order valence-electron chi connectivity index (χ1n) is 7.58. The molecule has 0 aliphatic heterocycles. The Morgan fingerprint density at radius 3 is 2.61 bits per heavy atom. The van der Waals surface area contributed by atoms with Gasteiger partial charge in [0.1, 0.15) is 4.88 Å². The molecule has 1 unspecified atom stereocenters. The quantitative estimate of drug-likeness (QED) is 0.839. The largest absolute Gasteiger partial charge is 0.448 e. The van der Waals surface area contributed by atoms with Crippen LogP contribution in [0.2, 0.25) is 0 Å². The van der Waals surface area contributed by atoms with Crippen LogP contribution in [0, 0.1) is 13.8 Å².